The van der Waals surface area contributed by atoms with Gasteiger partial charge in [0.05, 0.1) is 98.3 Å². The van der Waals surface area contributed by atoms with Crippen molar-refractivity contribution in [1.82, 2.24) is 0 Å². The summed E-state index contributed by atoms with van der Waals surface area (Å²) in [7, 11) is 0. The fourth-order valence-electron chi connectivity index (χ4n) is 17.2. The Kier molecular flexibility index (Phi) is 11.5. The van der Waals surface area contributed by atoms with Crippen LogP contribution in [-0.2, 0) is 80.6 Å². The number of hydrogen-bond donors (Lipinski definition) is 0. The van der Waals surface area contributed by atoms with E-state index in [0.29, 0.717) is 57.8 Å². The highest BCUT2D eigenvalue weighted by Gasteiger charge is 2.70. The van der Waals surface area contributed by atoms with Gasteiger partial charge in [-0.25, -0.2) is 0 Å². The molecule has 16 aliphatic heterocycles. The first-order valence-electron chi connectivity index (χ1n) is 28.5. The van der Waals surface area contributed by atoms with Crippen LogP contribution in [0.5, 0.6) is 0 Å². The van der Waals surface area contributed by atoms with E-state index in [1.807, 2.05) is 0 Å². The van der Waals surface area contributed by atoms with Crippen LogP contribution in [-0.4, -0.2) is 164 Å². The number of hydrogen-bond acceptors (Lipinski definition) is 17. The minimum absolute atomic E-state index is 0.00610. The van der Waals surface area contributed by atoms with Crippen LogP contribution in [0.2, 0.25) is 0 Å². The molecule has 17 heteroatoms. The summed E-state index contributed by atoms with van der Waals surface area (Å²) in [6.07, 6.45) is 4.86. The molecule has 16 aliphatic rings. The molecule has 402 valence electrons. The number of carbonyl (C=O) groups excluding carboxylic acids is 2. The molecule has 0 radical (unpaired) electrons. The summed E-state index contributed by atoms with van der Waals surface area (Å²) >= 11 is 0. The van der Waals surface area contributed by atoms with Gasteiger partial charge >= 0.3 is 11.9 Å². The van der Waals surface area contributed by atoms with Gasteiger partial charge in [-0.05, 0) is 67.9 Å². The highest BCUT2D eigenvalue weighted by molar-refractivity contribution is 5.72. The van der Waals surface area contributed by atoms with Crippen molar-refractivity contribution >= 4 is 11.9 Å². The lowest BCUT2D eigenvalue weighted by Crippen LogP contribution is -2.62. The maximum atomic E-state index is 14.5. The Morgan fingerprint density at radius 2 is 1.05 bits per heavy atom. The maximum Gasteiger partial charge on any atom is 0.308 e. The van der Waals surface area contributed by atoms with E-state index in [2.05, 4.69) is 40.9 Å². The van der Waals surface area contributed by atoms with Gasteiger partial charge in [-0.3, -0.25) is 9.59 Å². The molecule has 0 saturated carbocycles. The lowest BCUT2D eigenvalue weighted by atomic mass is 9.79. The van der Waals surface area contributed by atoms with Gasteiger partial charge < -0.3 is 71.1 Å². The van der Waals surface area contributed by atoms with Gasteiger partial charge in [0, 0.05) is 63.2 Å². The number of fused-ring (bicyclic) bond motifs is 10. The summed E-state index contributed by atoms with van der Waals surface area (Å²) in [6, 6.07) is 0. The summed E-state index contributed by atoms with van der Waals surface area (Å²) in [5.74, 6) is -2.79. The predicted octanol–water partition coefficient (Wildman–Crippen LogP) is 5.98. The third kappa shape index (κ3) is 7.98. The quantitative estimate of drug-likeness (QED) is 0.205. The maximum absolute atomic E-state index is 14.5. The number of rotatable bonds is 0. The molecule has 0 aromatic heterocycles. The average Bonchev–Trinajstić information content (AvgIpc) is 4.18. The molecule has 29 atom stereocenters. The topological polar surface area (TPSA) is 173 Å². The van der Waals surface area contributed by atoms with Gasteiger partial charge in [0.1, 0.15) is 48.8 Å². The van der Waals surface area contributed by atoms with Crippen molar-refractivity contribution in [1.29, 1.82) is 0 Å². The summed E-state index contributed by atoms with van der Waals surface area (Å²) in [6.45, 7) is 17.8. The minimum atomic E-state index is -0.889. The normalized spacial score (nSPS) is 58.9. The van der Waals surface area contributed by atoms with Crippen LogP contribution in [0, 0.1) is 23.7 Å². The van der Waals surface area contributed by atoms with Crippen molar-refractivity contribution in [3.8, 4) is 0 Å². The van der Waals surface area contributed by atoms with E-state index in [4.69, 9.17) is 71.1 Å². The zero-order chi connectivity index (χ0) is 49.4. The molecule has 0 unspecified atom stereocenters. The van der Waals surface area contributed by atoms with Crippen molar-refractivity contribution in [2.75, 3.05) is 0 Å². The van der Waals surface area contributed by atoms with E-state index in [-0.39, 0.29) is 158 Å². The van der Waals surface area contributed by atoms with Gasteiger partial charge in [0.25, 0.3) is 0 Å². The zero-order valence-electron chi connectivity index (χ0n) is 42.9. The van der Waals surface area contributed by atoms with E-state index in [1.165, 1.54) is 0 Å². The van der Waals surface area contributed by atoms with Gasteiger partial charge in [0.15, 0.2) is 17.4 Å². The number of ether oxygens (including phenoxy) is 15. The van der Waals surface area contributed by atoms with E-state index < -0.39 is 41.8 Å². The zero-order valence-corrected chi connectivity index (χ0v) is 42.9. The van der Waals surface area contributed by atoms with Crippen LogP contribution < -0.4 is 0 Å². The highest BCUT2D eigenvalue weighted by Crippen LogP contribution is 2.57. The Bertz CT molecular complexity index is 2240. The van der Waals surface area contributed by atoms with Crippen LogP contribution in [0.4, 0.5) is 0 Å². The number of esters is 2. The molecular weight excluding hydrogens is 945 g/mol. The molecule has 0 N–H and O–H groups in total. The molecule has 16 saturated heterocycles. The Balaban J connectivity index is 0.679. The first kappa shape index (κ1) is 48.1. The Hall–Kier alpha value is -2.10. The monoisotopic (exact) mass is 1020 g/mol. The predicted molar refractivity (Wildman–Crippen MR) is 251 cm³/mol. The van der Waals surface area contributed by atoms with Crippen LogP contribution in [0.1, 0.15) is 137 Å². The third-order valence-corrected chi connectivity index (χ3v) is 20.6. The van der Waals surface area contributed by atoms with E-state index in [9.17, 15) is 9.59 Å². The summed E-state index contributed by atoms with van der Waals surface area (Å²) in [4.78, 5) is 26.8. The SMILES string of the molecule is C=C1C[C@@H]2CC[C@@]34C[C@H]5O[C@H]6[C@@H](O3)[C@H]3O[C@H](CC[C@@H]3O[C@H]6[C@H]5O4)CC(=O)O[C@@H]3[C@@H](C)[C@@H]4O[C@@H]5C[C@]6(C[C@@H]7O[C@]8(C[C@H](C)[C@@H]9OC(=O)C[C@@H]9O8)C[C@H](C)[C@@H]7O6)O[C@@H]5C[C@@H]4O[C@H]3C[C@H]3O[C@@H](CC[C@@H]1O2)C[C@@H](C)C3=C. The second kappa shape index (κ2) is 17.4. The Labute approximate surface area is 427 Å². The first-order valence-corrected chi connectivity index (χ1v) is 28.5. The molecule has 0 aromatic carbocycles. The van der Waals surface area contributed by atoms with Gasteiger partial charge in [0.2, 0.25) is 0 Å². The van der Waals surface area contributed by atoms with Crippen LogP contribution in [0.25, 0.3) is 0 Å². The summed E-state index contributed by atoms with van der Waals surface area (Å²) in [5.41, 5.74) is 2.17. The van der Waals surface area contributed by atoms with Crippen LogP contribution in [0.3, 0.4) is 0 Å². The second-order valence-corrected chi connectivity index (χ2v) is 25.7. The fourth-order valence-corrected chi connectivity index (χ4v) is 17.2. The van der Waals surface area contributed by atoms with Gasteiger partial charge in [-0.1, -0.05) is 40.9 Å². The largest absolute Gasteiger partial charge is 0.459 e. The van der Waals surface area contributed by atoms with Crippen molar-refractivity contribution in [2.24, 2.45) is 23.7 Å². The molecule has 16 fully saturated rings. The lowest BCUT2D eigenvalue weighted by Gasteiger charge is -2.50. The van der Waals surface area contributed by atoms with Crippen molar-refractivity contribution < 1.29 is 80.6 Å². The average molecular weight is 1020 g/mol. The lowest BCUT2D eigenvalue weighted by molar-refractivity contribution is -0.347. The molecule has 12 bridgehead atoms. The summed E-state index contributed by atoms with van der Waals surface area (Å²) in [5, 5.41) is 0. The van der Waals surface area contributed by atoms with E-state index in [0.717, 1.165) is 49.7 Å². The first-order chi connectivity index (χ1) is 35.1. The minimum Gasteiger partial charge on any atom is -0.459 e. The van der Waals surface area contributed by atoms with E-state index in [1.54, 1.807) is 0 Å². The van der Waals surface area contributed by atoms with Gasteiger partial charge in [-0.15, -0.1) is 0 Å². The number of carbonyl (C=O) groups is 2. The molecule has 0 aliphatic carbocycles. The highest BCUT2D eigenvalue weighted by atomic mass is 16.8. The Morgan fingerprint density at radius 1 is 0.411 bits per heavy atom. The molecule has 3 spiro atoms. The van der Waals surface area contributed by atoms with Crippen molar-refractivity contribution in [3.05, 3.63) is 24.3 Å². The molecule has 0 amide bonds. The standard InChI is InChI=1S/C56H76O17/c1-24-13-30-7-9-33-25(2)14-32(59-33)11-12-54-22-41-50(72-54)51-52(65-41)53(73-54)49-34(63-51)10-8-31(61-49)15-43(57)67-48-29(6)47-38(62-37(48)16-35(60-30)28(24)5)17-36-40(64-47)21-56(68-36)23-42-46(71-56)27(4)20-55(70-42)19-26(3)45-39(69-55)18-44(58)66-45/h24,26-27,29-42,45-53H,2,5,7-23H2,1,3-4,6H3/t24-,26+,27+,29+,30+,31-,32+,33+,34+,35-,36-,37+,38+,39+,40-,41-,42+,45+,46+,47+,48-,49+,50+,51+,52-,53+,54+,55-,56+/m1/s1. The third-order valence-electron chi connectivity index (χ3n) is 20.6. The smallest absolute Gasteiger partial charge is 0.308 e. The molecular formula is C56H76O17. The van der Waals surface area contributed by atoms with E-state index >= 15 is 0 Å². The van der Waals surface area contributed by atoms with Crippen molar-refractivity contribution in [2.45, 2.75) is 288 Å². The molecule has 73 heavy (non-hydrogen) atoms. The Morgan fingerprint density at radius 3 is 1.93 bits per heavy atom. The molecule has 16 heterocycles. The molecule has 0 aromatic rings. The van der Waals surface area contributed by atoms with Crippen LogP contribution in [0.15, 0.2) is 24.3 Å². The molecule has 17 nitrogen and oxygen atoms in total. The summed E-state index contributed by atoms with van der Waals surface area (Å²) < 4.78 is 102. The van der Waals surface area contributed by atoms with Crippen molar-refractivity contribution in [3.63, 3.8) is 0 Å². The van der Waals surface area contributed by atoms with Gasteiger partial charge in [-0.2, -0.15) is 0 Å². The second-order valence-electron chi connectivity index (χ2n) is 25.7. The molecule has 16 rings (SSSR count). The fraction of sp³-hybridized carbons (Fsp3) is 0.893. The van der Waals surface area contributed by atoms with Crippen LogP contribution >= 0.6 is 0 Å².